The molecule has 188 valence electrons. The van der Waals surface area contributed by atoms with Crippen LogP contribution in [0.25, 0.3) is 0 Å². The van der Waals surface area contributed by atoms with E-state index in [0.717, 1.165) is 32.1 Å². The van der Waals surface area contributed by atoms with E-state index in [1.165, 1.54) is 0 Å². The van der Waals surface area contributed by atoms with Crippen LogP contribution in [0.15, 0.2) is 24.3 Å². The number of fused-ring (bicyclic) bond motifs is 2. The van der Waals surface area contributed by atoms with Gasteiger partial charge in [0.05, 0.1) is 16.6 Å². The molecule has 34 heavy (non-hydrogen) atoms. The van der Waals surface area contributed by atoms with Gasteiger partial charge in [0.2, 0.25) is 17.7 Å². The maximum Gasteiger partial charge on any atom is 0.247 e. The largest absolute Gasteiger partial charge is 0.396 e. The van der Waals surface area contributed by atoms with Crippen LogP contribution in [0.3, 0.4) is 0 Å². The molecule has 0 aliphatic carbocycles. The molecule has 4 heterocycles. The zero-order valence-electron chi connectivity index (χ0n) is 20.7. The summed E-state index contributed by atoms with van der Waals surface area (Å²) in [6.07, 6.45) is 12.5. The minimum absolute atomic E-state index is 0.00277. The first-order valence-electron chi connectivity index (χ1n) is 12.9. The number of unbranched alkanes of at least 4 members (excludes halogenated alkanes) is 3. The average Bonchev–Trinajstić information content (AvgIpc) is 3.11. The fourth-order valence-electron chi connectivity index (χ4n) is 6.13. The number of likely N-dealkylation sites (tertiary alicyclic amines) is 1. The SMILES string of the molecule is CCCN1CC=C[C@H]2S[C@]34C=CCN(C(C)C)C(=O)C3N(CCCCCCO)C(=O)[C@@H]4[C@H]2C1=O. The Morgan fingerprint density at radius 3 is 2.50 bits per heavy atom. The van der Waals surface area contributed by atoms with Crippen molar-refractivity contribution < 1.29 is 19.5 Å². The van der Waals surface area contributed by atoms with Crippen molar-refractivity contribution in [3.8, 4) is 0 Å². The van der Waals surface area contributed by atoms with Crippen molar-refractivity contribution in [2.45, 2.75) is 75.0 Å². The van der Waals surface area contributed by atoms with Gasteiger partial charge in [0, 0.05) is 44.1 Å². The van der Waals surface area contributed by atoms with Gasteiger partial charge in [-0.1, -0.05) is 44.1 Å². The summed E-state index contributed by atoms with van der Waals surface area (Å²) < 4.78 is -0.715. The summed E-state index contributed by atoms with van der Waals surface area (Å²) in [7, 11) is 0. The number of rotatable bonds is 9. The van der Waals surface area contributed by atoms with E-state index in [2.05, 4.69) is 25.2 Å². The molecule has 2 saturated heterocycles. The van der Waals surface area contributed by atoms with Crippen LogP contribution in [-0.2, 0) is 14.4 Å². The first-order valence-corrected chi connectivity index (χ1v) is 13.8. The van der Waals surface area contributed by atoms with Crippen molar-refractivity contribution in [3.05, 3.63) is 24.3 Å². The zero-order valence-corrected chi connectivity index (χ0v) is 21.5. The van der Waals surface area contributed by atoms with Crippen molar-refractivity contribution in [1.29, 1.82) is 0 Å². The van der Waals surface area contributed by atoms with Crippen LogP contribution in [0.4, 0.5) is 0 Å². The summed E-state index contributed by atoms with van der Waals surface area (Å²) in [6, 6.07) is -0.548. The molecule has 0 saturated carbocycles. The first kappa shape index (κ1) is 25.3. The third-order valence-corrected chi connectivity index (χ3v) is 9.44. The maximum absolute atomic E-state index is 14.1. The summed E-state index contributed by atoms with van der Waals surface area (Å²) in [5, 5.41) is 8.98. The van der Waals surface area contributed by atoms with Gasteiger partial charge >= 0.3 is 0 Å². The fourth-order valence-corrected chi connectivity index (χ4v) is 8.14. The Morgan fingerprint density at radius 1 is 1.03 bits per heavy atom. The Labute approximate surface area is 207 Å². The van der Waals surface area contributed by atoms with Crippen LogP contribution in [-0.4, -0.2) is 92.4 Å². The second-order valence-corrected chi connectivity index (χ2v) is 11.7. The number of carbonyl (C=O) groups excluding carboxylic acids is 3. The van der Waals surface area contributed by atoms with Crippen LogP contribution in [0.5, 0.6) is 0 Å². The molecule has 1 N–H and O–H groups in total. The number of aliphatic hydroxyl groups excluding tert-OH is 1. The lowest BCUT2D eigenvalue weighted by atomic mass is 9.78. The summed E-state index contributed by atoms with van der Waals surface area (Å²) in [4.78, 5) is 47.3. The van der Waals surface area contributed by atoms with Crippen LogP contribution in [0, 0.1) is 11.8 Å². The van der Waals surface area contributed by atoms with E-state index >= 15 is 0 Å². The molecule has 0 aromatic rings. The normalized spacial score (nSPS) is 32.9. The minimum atomic E-state index is -0.715. The maximum atomic E-state index is 14.1. The van der Waals surface area contributed by atoms with Gasteiger partial charge in [-0.05, 0) is 33.1 Å². The fraction of sp³-hybridized carbons (Fsp3) is 0.731. The van der Waals surface area contributed by atoms with Crippen molar-refractivity contribution >= 4 is 29.5 Å². The molecule has 1 unspecified atom stereocenters. The molecule has 5 atom stereocenters. The van der Waals surface area contributed by atoms with Gasteiger partial charge in [-0.25, -0.2) is 0 Å². The topological polar surface area (TPSA) is 81.2 Å². The molecule has 8 heteroatoms. The number of hydrogen-bond donors (Lipinski definition) is 1. The molecule has 0 aromatic heterocycles. The minimum Gasteiger partial charge on any atom is -0.396 e. The molecule has 4 aliphatic heterocycles. The molecule has 0 aromatic carbocycles. The summed E-state index contributed by atoms with van der Waals surface area (Å²) in [6.45, 7) is 8.57. The van der Waals surface area contributed by atoms with E-state index in [-0.39, 0.29) is 35.6 Å². The molecular weight excluding hydrogens is 450 g/mol. The predicted molar refractivity (Wildman–Crippen MR) is 134 cm³/mol. The van der Waals surface area contributed by atoms with Crippen molar-refractivity contribution in [1.82, 2.24) is 14.7 Å². The second kappa shape index (κ2) is 10.4. The Bertz CT molecular complexity index is 859. The highest BCUT2D eigenvalue weighted by Gasteiger charge is 2.70. The van der Waals surface area contributed by atoms with Crippen molar-refractivity contribution in [2.75, 3.05) is 32.8 Å². The predicted octanol–water partition coefficient (Wildman–Crippen LogP) is 2.45. The third kappa shape index (κ3) is 4.21. The molecule has 4 rings (SSSR count). The van der Waals surface area contributed by atoms with Gasteiger partial charge in [0.15, 0.2) is 0 Å². The highest BCUT2D eigenvalue weighted by molar-refractivity contribution is 8.02. The number of carbonyl (C=O) groups is 3. The lowest BCUT2D eigenvalue weighted by Gasteiger charge is -2.36. The highest BCUT2D eigenvalue weighted by Crippen LogP contribution is 2.61. The Hall–Kier alpha value is -1.80. The lowest BCUT2D eigenvalue weighted by Crippen LogP contribution is -2.54. The Kier molecular flexibility index (Phi) is 7.77. The highest BCUT2D eigenvalue weighted by atomic mass is 32.2. The van der Waals surface area contributed by atoms with Crippen LogP contribution >= 0.6 is 11.8 Å². The van der Waals surface area contributed by atoms with Crippen molar-refractivity contribution in [2.24, 2.45) is 11.8 Å². The zero-order chi connectivity index (χ0) is 24.5. The van der Waals surface area contributed by atoms with E-state index < -0.39 is 22.6 Å². The summed E-state index contributed by atoms with van der Waals surface area (Å²) in [5.41, 5.74) is 0. The number of amides is 3. The summed E-state index contributed by atoms with van der Waals surface area (Å²) in [5.74, 6) is -0.957. The standard InChI is InChI=1S/C26H39N3O4S/c1-4-13-27-14-9-11-19-20(23(27)31)21-24(32)29(15-7-5-6-8-17-30)22-25(33)28(18(2)3)16-10-12-26(21,22)34-19/h9-12,18-22,30H,4-8,13-17H2,1-3H3/t19-,20+,21+,22?,26+/m1/s1. The number of thioether (sulfide) groups is 1. The molecule has 1 spiro atoms. The molecule has 4 aliphatic rings. The quantitative estimate of drug-likeness (QED) is 0.398. The van der Waals surface area contributed by atoms with Gasteiger partial charge in [-0.2, -0.15) is 0 Å². The van der Waals surface area contributed by atoms with Gasteiger partial charge < -0.3 is 19.8 Å². The van der Waals surface area contributed by atoms with Gasteiger partial charge in [-0.3, -0.25) is 14.4 Å². The third-order valence-electron chi connectivity index (χ3n) is 7.70. The summed E-state index contributed by atoms with van der Waals surface area (Å²) >= 11 is 1.66. The van der Waals surface area contributed by atoms with Crippen LogP contribution in [0.2, 0.25) is 0 Å². The van der Waals surface area contributed by atoms with E-state index in [4.69, 9.17) is 5.11 Å². The molecule has 2 fully saturated rings. The lowest BCUT2D eigenvalue weighted by molar-refractivity contribution is -0.144. The first-order chi connectivity index (χ1) is 16.4. The average molecular weight is 490 g/mol. The Balaban J connectivity index is 1.71. The van der Waals surface area contributed by atoms with E-state index in [9.17, 15) is 14.4 Å². The smallest absolute Gasteiger partial charge is 0.247 e. The molecule has 3 amide bonds. The number of aliphatic hydroxyl groups is 1. The second-order valence-electron chi connectivity index (χ2n) is 10.2. The van der Waals surface area contributed by atoms with Gasteiger partial charge in [-0.15, -0.1) is 11.8 Å². The van der Waals surface area contributed by atoms with Crippen molar-refractivity contribution in [3.63, 3.8) is 0 Å². The number of nitrogens with zero attached hydrogens (tertiary/aromatic N) is 3. The molecule has 0 bridgehead atoms. The number of hydrogen-bond acceptors (Lipinski definition) is 5. The monoisotopic (exact) mass is 489 g/mol. The van der Waals surface area contributed by atoms with E-state index in [1.54, 1.807) is 16.7 Å². The van der Waals surface area contributed by atoms with Crippen LogP contribution in [0.1, 0.15) is 52.9 Å². The Morgan fingerprint density at radius 2 is 1.79 bits per heavy atom. The molecule has 0 radical (unpaired) electrons. The van der Waals surface area contributed by atoms with E-state index in [0.29, 0.717) is 26.2 Å². The van der Waals surface area contributed by atoms with E-state index in [1.807, 2.05) is 29.7 Å². The van der Waals surface area contributed by atoms with Gasteiger partial charge in [0.1, 0.15) is 6.04 Å². The van der Waals surface area contributed by atoms with Crippen LogP contribution < -0.4 is 0 Å². The molecular formula is C26H39N3O4S. The molecule has 7 nitrogen and oxygen atoms in total. The van der Waals surface area contributed by atoms with Gasteiger partial charge in [0.25, 0.3) is 0 Å².